The van der Waals surface area contributed by atoms with Crippen LogP contribution in [0.25, 0.3) is 0 Å². The molecule has 1 saturated carbocycles. The van der Waals surface area contributed by atoms with E-state index in [9.17, 15) is 0 Å². The number of rotatable bonds is 2. The zero-order chi connectivity index (χ0) is 12.4. The van der Waals surface area contributed by atoms with E-state index in [4.69, 9.17) is 4.99 Å². The number of nitrogens with one attached hydrogen (secondary N) is 1. The number of likely N-dealkylation sites (N-methyl/N-ethyl adjacent to an activating group) is 1. The summed E-state index contributed by atoms with van der Waals surface area (Å²) in [6, 6.07) is 0.675. The zero-order valence-electron chi connectivity index (χ0n) is 11.5. The normalized spacial score (nSPS) is 34.3. The van der Waals surface area contributed by atoms with Gasteiger partial charge in [0.25, 0.3) is 0 Å². The molecule has 18 heavy (non-hydrogen) atoms. The maximum Gasteiger partial charge on any atom is 0.157 e. The number of amidine groups is 1. The quantitative estimate of drug-likeness (QED) is 0.833. The van der Waals surface area contributed by atoms with Gasteiger partial charge in [0.05, 0.1) is 6.54 Å². The van der Waals surface area contributed by atoms with Crippen LogP contribution in [-0.2, 0) is 0 Å². The highest BCUT2D eigenvalue weighted by Crippen LogP contribution is 2.37. The van der Waals surface area contributed by atoms with Crippen LogP contribution in [0.5, 0.6) is 0 Å². The van der Waals surface area contributed by atoms with E-state index in [1.807, 2.05) is 11.8 Å². The van der Waals surface area contributed by atoms with Crippen LogP contribution in [0.2, 0.25) is 0 Å². The number of nitrogens with zero attached hydrogens (tertiary/aromatic N) is 2. The van der Waals surface area contributed by atoms with Gasteiger partial charge in [0.2, 0.25) is 0 Å². The summed E-state index contributed by atoms with van der Waals surface area (Å²) >= 11 is 1.95. The Morgan fingerprint density at radius 2 is 2.17 bits per heavy atom. The van der Waals surface area contributed by atoms with Gasteiger partial charge in [-0.2, -0.15) is 0 Å². The lowest BCUT2D eigenvalue weighted by atomic mass is 10.0. The number of hydrogen-bond donors (Lipinski definition) is 1. The topological polar surface area (TPSA) is 27.6 Å². The monoisotopic (exact) mass is 267 g/mol. The third kappa shape index (κ3) is 2.69. The highest BCUT2D eigenvalue weighted by atomic mass is 32.2. The van der Waals surface area contributed by atoms with E-state index in [0.717, 1.165) is 6.54 Å². The Balaban J connectivity index is 1.54. The second-order valence-corrected chi connectivity index (χ2v) is 7.14. The van der Waals surface area contributed by atoms with Gasteiger partial charge in [-0.1, -0.05) is 31.0 Å². The van der Waals surface area contributed by atoms with Crippen molar-refractivity contribution < 1.29 is 0 Å². The standard InChI is InChI=1S/C14H25N3S/c1-17-9-5-2-6-12(17)10-15-13-16-14(11-18-13)7-3-4-8-14/h12H,2-11H2,1H3,(H,15,16). The van der Waals surface area contributed by atoms with E-state index in [-0.39, 0.29) is 0 Å². The largest absolute Gasteiger partial charge is 0.359 e. The highest BCUT2D eigenvalue weighted by Gasteiger charge is 2.39. The second kappa shape index (κ2) is 5.41. The Hall–Kier alpha value is -0.220. The van der Waals surface area contributed by atoms with Crippen molar-refractivity contribution in [3.05, 3.63) is 0 Å². The molecule has 1 N–H and O–H groups in total. The molecule has 1 atom stereocenters. The molecule has 0 bridgehead atoms. The van der Waals surface area contributed by atoms with E-state index in [0.29, 0.717) is 11.6 Å². The summed E-state index contributed by atoms with van der Waals surface area (Å²) in [4.78, 5) is 7.33. The van der Waals surface area contributed by atoms with Gasteiger partial charge in [0, 0.05) is 17.3 Å². The van der Waals surface area contributed by atoms with E-state index in [1.54, 1.807) is 0 Å². The Bertz CT molecular complexity index is 323. The van der Waals surface area contributed by atoms with Gasteiger partial charge >= 0.3 is 0 Å². The molecule has 1 spiro atoms. The van der Waals surface area contributed by atoms with E-state index in [2.05, 4.69) is 17.3 Å². The molecule has 1 aliphatic carbocycles. The molecule has 2 aliphatic heterocycles. The zero-order valence-corrected chi connectivity index (χ0v) is 12.3. The first-order valence-corrected chi connectivity index (χ1v) is 8.42. The van der Waals surface area contributed by atoms with Gasteiger partial charge in [-0.05, 0) is 39.3 Å². The van der Waals surface area contributed by atoms with Crippen LogP contribution in [0.15, 0.2) is 4.99 Å². The van der Waals surface area contributed by atoms with Crippen LogP contribution in [0.3, 0.4) is 0 Å². The first kappa shape index (κ1) is 12.8. The Morgan fingerprint density at radius 1 is 1.33 bits per heavy atom. The first-order valence-electron chi connectivity index (χ1n) is 7.43. The summed E-state index contributed by atoms with van der Waals surface area (Å²) in [7, 11) is 2.25. The molecule has 102 valence electrons. The Kier molecular flexibility index (Phi) is 3.85. The van der Waals surface area contributed by atoms with Gasteiger partial charge in [-0.3, -0.25) is 4.99 Å². The lowest BCUT2D eigenvalue weighted by Gasteiger charge is -2.31. The highest BCUT2D eigenvalue weighted by molar-refractivity contribution is 8.14. The molecular weight excluding hydrogens is 242 g/mol. The van der Waals surface area contributed by atoms with Gasteiger partial charge in [0.1, 0.15) is 0 Å². The smallest absolute Gasteiger partial charge is 0.157 e. The molecule has 3 rings (SSSR count). The fourth-order valence-electron chi connectivity index (χ4n) is 3.47. The Labute approximate surface area is 115 Å². The van der Waals surface area contributed by atoms with Crippen molar-refractivity contribution in [1.29, 1.82) is 0 Å². The van der Waals surface area contributed by atoms with Crippen molar-refractivity contribution in [2.24, 2.45) is 4.99 Å². The van der Waals surface area contributed by atoms with Crippen molar-refractivity contribution in [2.45, 2.75) is 56.5 Å². The fourth-order valence-corrected chi connectivity index (χ4v) is 4.70. The van der Waals surface area contributed by atoms with Crippen LogP contribution in [0, 0.1) is 0 Å². The Morgan fingerprint density at radius 3 is 2.94 bits per heavy atom. The SMILES string of the molecule is CN1CCCCC1CN=C1NC2(CCCC2)CS1. The predicted molar refractivity (Wildman–Crippen MR) is 79.4 cm³/mol. The van der Waals surface area contributed by atoms with Crippen LogP contribution in [0.1, 0.15) is 44.9 Å². The number of piperidine rings is 1. The average Bonchev–Trinajstić information content (AvgIpc) is 3.00. The van der Waals surface area contributed by atoms with E-state index < -0.39 is 0 Å². The fraction of sp³-hybridized carbons (Fsp3) is 0.929. The molecule has 0 radical (unpaired) electrons. The minimum atomic E-state index is 0.419. The summed E-state index contributed by atoms with van der Waals surface area (Å²) in [5.41, 5.74) is 0.419. The number of hydrogen-bond acceptors (Lipinski definition) is 3. The number of thioether (sulfide) groups is 1. The van der Waals surface area contributed by atoms with E-state index in [1.165, 1.54) is 62.4 Å². The summed E-state index contributed by atoms with van der Waals surface area (Å²) in [6.45, 7) is 2.24. The molecule has 3 nitrogen and oxygen atoms in total. The minimum absolute atomic E-state index is 0.419. The number of aliphatic imine (C=N–C) groups is 1. The molecule has 4 heteroatoms. The molecular formula is C14H25N3S. The molecule has 0 aromatic rings. The predicted octanol–water partition coefficient (Wildman–Crippen LogP) is 2.48. The van der Waals surface area contributed by atoms with Crippen molar-refractivity contribution in [1.82, 2.24) is 10.2 Å². The summed E-state index contributed by atoms with van der Waals surface area (Å²) in [5, 5.41) is 4.93. The first-order chi connectivity index (χ1) is 8.77. The van der Waals surface area contributed by atoms with Crippen molar-refractivity contribution in [3.8, 4) is 0 Å². The van der Waals surface area contributed by atoms with Crippen LogP contribution >= 0.6 is 11.8 Å². The van der Waals surface area contributed by atoms with Gasteiger partial charge < -0.3 is 10.2 Å². The average molecular weight is 267 g/mol. The van der Waals surface area contributed by atoms with Crippen molar-refractivity contribution in [2.75, 3.05) is 25.9 Å². The van der Waals surface area contributed by atoms with Gasteiger partial charge in [-0.25, -0.2) is 0 Å². The molecule has 0 aromatic carbocycles. The third-order valence-electron chi connectivity index (χ3n) is 4.79. The van der Waals surface area contributed by atoms with Gasteiger partial charge in [0.15, 0.2) is 5.17 Å². The molecule has 0 amide bonds. The molecule has 2 heterocycles. The maximum absolute atomic E-state index is 4.84. The minimum Gasteiger partial charge on any atom is -0.359 e. The van der Waals surface area contributed by atoms with Crippen molar-refractivity contribution >= 4 is 16.9 Å². The summed E-state index contributed by atoms with van der Waals surface area (Å²) in [6.07, 6.45) is 9.55. The second-order valence-electron chi connectivity index (χ2n) is 6.18. The molecule has 1 unspecified atom stereocenters. The van der Waals surface area contributed by atoms with Crippen LogP contribution in [-0.4, -0.2) is 47.5 Å². The lowest BCUT2D eigenvalue weighted by molar-refractivity contribution is 0.191. The summed E-state index contributed by atoms with van der Waals surface area (Å²) < 4.78 is 0. The van der Waals surface area contributed by atoms with E-state index >= 15 is 0 Å². The van der Waals surface area contributed by atoms with Gasteiger partial charge in [-0.15, -0.1) is 0 Å². The summed E-state index contributed by atoms with van der Waals surface area (Å²) in [5.74, 6) is 1.24. The number of likely N-dealkylation sites (tertiary alicyclic amines) is 1. The molecule has 3 aliphatic rings. The maximum atomic E-state index is 4.84. The lowest BCUT2D eigenvalue weighted by Crippen LogP contribution is -2.41. The molecule has 0 aromatic heterocycles. The molecule has 2 saturated heterocycles. The van der Waals surface area contributed by atoms with Crippen LogP contribution in [0.4, 0.5) is 0 Å². The van der Waals surface area contributed by atoms with Crippen molar-refractivity contribution in [3.63, 3.8) is 0 Å². The van der Waals surface area contributed by atoms with Crippen LogP contribution < -0.4 is 5.32 Å². The molecule has 3 fully saturated rings. The third-order valence-corrected chi connectivity index (χ3v) is 5.99.